The number of anilines is 1. The molecule has 1 aromatic heterocycles. The number of pyridine rings is 1. The smallest absolute Gasteiger partial charge is 0.255 e. The van der Waals surface area contributed by atoms with Gasteiger partial charge in [0.25, 0.3) is 5.91 Å². The third-order valence-electron chi connectivity index (χ3n) is 4.58. The molecule has 2 amide bonds. The Labute approximate surface area is 147 Å². The minimum Gasteiger partial charge on any atom is -0.352 e. The molecule has 0 unspecified atom stereocenters. The quantitative estimate of drug-likeness (QED) is 0.877. The standard InChI is InChI=1S/C20H23N3O2/c24-19(16-5-2-1-3-6-16)22-13-15-8-10-17(11-9-15)20(25)23-18-7-4-12-21-14-18/h4,7-12,14,16H,1-3,5-6,13H2,(H,22,24)(H,23,25). The summed E-state index contributed by atoms with van der Waals surface area (Å²) in [4.78, 5) is 28.3. The Kier molecular flexibility index (Phi) is 5.77. The molecule has 1 aromatic carbocycles. The van der Waals surface area contributed by atoms with Gasteiger partial charge in [-0.05, 0) is 42.7 Å². The zero-order chi connectivity index (χ0) is 17.5. The maximum absolute atomic E-state index is 12.2. The molecular weight excluding hydrogens is 314 g/mol. The molecule has 3 rings (SSSR count). The number of hydrogen-bond donors (Lipinski definition) is 2. The number of benzene rings is 1. The number of hydrogen-bond acceptors (Lipinski definition) is 3. The SMILES string of the molecule is O=C(Nc1cccnc1)c1ccc(CNC(=O)C2CCCCC2)cc1. The normalized spacial score (nSPS) is 14.7. The molecule has 1 fully saturated rings. The van der Waals surface area contributed by atoms with Gasteiger partial charge >= 0.3 is 0 Å². The Bertz CT molecular complexity index is 707. The first-order chi connectivity index (χ1) is 12.2. The summed E-state index contributed by atoms with van der Waals surface area (Å²) in [6.07, 6.45) is 8.81. The van der Waals surface area contributed by atoms with Crippen LogP contribution in [0.1, 0.15) is 48.0 Å². The Hall–Kier alpha value is -2.69. The topological polar surface area (TPSA) is 71.1 Å². The van der Waals surface area contributed by atoms with E-state index in [1.54, 1.807) is 36.7 Å². The number of carbonyl (C=O) groups excluding carboxylic acids is 2. The Morgan fingerprint density at radius 3 is 2.48 bits per heavy atom. The van der Waals surface area contributed by atoms with Gasteiger partial charge in [0.2, 0.25) is 5.91 Å². The highest BCUT2D eigenvalue weighted by Gasteiger charge is 2.20. The Morgan fingerprint density at radius 1 is 1.04 bits per heavy atom. The highest BCUT2D eigenvalue weighted by atomic mass is 16.2. The highest BCUT2D eigenvalue weighted by molar-refractivity contribution is 6.04. The molecule has 5 nitrogen and oxygen atoms in total. The summed E-state index contributed by atoms with van der Waals surface area (Å²) in [5, 5.41) is 5.81. The van der Waals surface area contributed by atoms with Crippen LogP contribution in [0.25, 0.3) is 0 Å². The number of nitrogens with zero attached hydrogens (tertiary/aromatic N) is 1. The van der Waals surface area contributed by atoms with E-state index >= 15 is 0 Å². The van der Waals surface area contributed by atoms with Crippen molar-refractivity contribution in [3.05, 3.63) is 59.9 Å². The Morgan fingerprint density at radius 2 is 1.80 bits per heavy atom. The van der Waals surface area contributed by atoms with Crippen LogP contribution < -0.4 is 10.6 Å². The average molecular weight is 337 g/mol. The predicted octanol–water partition coefficient (Wildman–Crippen LogP) is 3.53. The Balaban J connectivity index is 1.51. The van der Waals surface area contributed by atoms with E-state index in [0.717, 1.165) is 31.2 Å². The van der Waals surface area contributed by atoms with Crippen molar-refractivity contribution in [2.24, 2.45) is 5.92 Å². The zero-order valence-electron chi connectivity index (χ0n) is 14.2. The van der Waals surface area contributed by atoms with E-state index in [9.17, 15) is 9.59 Å². The van der Waals surface area contributed by atoms with Crippen molar-refractivity contribution in [3.63, 3.8) is 0 Å². The maximum Gasteiger partial charge on any atom is 0.255 e. The van der Waals surface area contributed by atoms with Gasteiger partial charge in [0, 0.05) is 24.2 Å². The molecule has 1 aliphatic carbocycles. The maximum atomic E-state index is 12.2. The fourth-order valence-corrected chi connectivity index (χ4v) is 3.11. The molecule has 25 heavy (non-hydrogen) atoms. The second kappa shape index (κ2) is 8.42. The molecule has 0 aliphatic heterocycles. The first-order valence-electron chi connectivity index (χ1n) is 8.80. The second-order valence-electron chi connectivity index (χ2n) is 6.45. The van der Waals surface area contributed by atoms with Gasteiger partial charge < -0.3 is 10.6 Å². The molecule has 1 saturated carbocycles. The van der Waals surface area contributed by atoms with Crippen LogP contribution in [0.5, 0.6) is 0 Å². The predicted molar refractivity (Wildman–Crippen MR) is 97.1 cm³/mol. The summed E-state index contributed by atoms with van der Waals surface area (Å²) in [6, 6.07) is 10.9. The summed E-state index contributed by atoms with van der Waals surface area (Å²) >= 11 is 0. The van der Waals surface area contributed by atoms with Crippen LogP contribution in [0.2, 0.25) is 0 Å². The number of nitrogens with one attached hydrogen (secondary N) is 2. The van der Waals surface area contributed by atoms with Crippen molar-refractivity contribution in [3.8, 4) is 0 Å². The van der Waals surface area contributed by atoms with Gasteiger partial charge in [0.15, 0.2) is 0 Å². The lowest BCUT2D eigenvalue weighted by atomic mass is 9.88. The van der Waals surface area contributed by atoms with Crippen molar-refractivity contribution >= 4 is 17.5 Å². The fourth-order valence-electron chi connectivity index (χ4n) is 3.11. The van der Waals surface area contributed by atoms with Gasteiger partial charge in [-0.3, -0.25) is 14.6 Å². The summed E-state index contributed by atoms with van der Waals surface area (Å²) in [5.74, 6) is 0.141. The van der Waals surface area contributed by atoms with Gasteiger partial charge in [-0.25, -0.2) is 0 Å². The van der Waals surface area contributed by atoms with E-state index < -0.39 is 0 Å². The molecule has 0 radical (unpaired) electrons. The number of carbonyl (C=O) groups is 2. The van der Waals surface area contributed by atoms with E-state index in [2.05, 4.69) is 15.6 Å². The second-order valence-corrected chi connectivity index (χ2v) is 6.45. The first kappa shape index (κ1) is 17.1. The molecule has 0 atom stereocenters. The monoisotopic (exact) mass is 337 g/mol. The van der Waals surface area contributed by atoms with Gasteiger partial charge in [0.1, 0.15) is 0 Å². The third-order valence-corrected chi connectivity index (χ3v) is 4.58. The average Bonchev–Trinajstić information content (AvgIpc) is 2.68. The van der Waals surface area contributed by atoms with E-state index in [1.807, 2.05) is 12.1 Å². The summed E-state index contributed by atoms with van der Waals surface area (Å²) < 4.78 is 0. The van der Waals surface area contributed by atoms with Crippen LogP contribution in [0.3, 0.4) is 0 Å². The van der Waals surface area contributed by atoms with Crippen molar-refractivity contribution < 1.29 is 9.59 Å². The lowest BCUT2D eigenvalue weighted by Crippen LogP contribution is -2.31. The molecule has 2 N–H and O–H groups in total. The lowest BCUT2D eigenvalue weighted by Gasteiger charge is -2.20. The van der Waals surface area contributed by atoms with E-state index in [0.29, 0.717) is 17.8 Å². The minimum absolute atomic E-state index is 0.151. The molecule has 0 bridgehead atoms. The van der Waals surface area contributed by atoms with Crippen LogP contribution in [0.4, 0.5) is 5.69 Å². The molecule has 1 aliphatic rings. The van der Waals surface area contributed by atoms with Crippen LogP contribution in [-0.4, -0.2) is 16.8 Å². The van der Waals surface area contributed by atoms with Crippen LogP contribution in [-0.2, 0) is 11.3 Å². The molecule has 2 aromatic rings. The molecule has 130 valence electrons. The summed E-state index contributed by atoms with van der Waals surface area (Å²) in [6.45, 7) is 0.500. The fraction of sp³-hybridized carbons (Fsp3) is 0.350. The van der Waals surface area contributed by atoms with Crippen LogP contribution in [0.15, 0.2) is 48.8 Å². The van der Waals surface area contributed by atoms with E-state index in [4.69, 9.17) is 0 Å². The minimum atomic E-state index is -0.175. The summed E-state index contributed by atoms with van der Waals surface area (Å²) in [5.41, 5.74) is 2.23. The van der Waals surface area contributed by atoms with Crippen molar-refractivity contribution in [1.82, 2.24) is 10.3 Å². The van der Waals surface area contributed by atoms with E-state index in [-0.39, 0.29) is 17.7 Å². The van der Waals surface area contributed by atoms with Crippen molar-refractivity contribution in [1.29, 1.82) is 0 Å². The number of aromatic nitrogens is 1. The summed E-state index contributed by atoms with van der Waals surface area (Å²) in [7, 11) is 0. The van der Waals surface area contributed by atoms with Crippen LogP contribution in [0, 0.1) is 5.92 Å². The van der Waals surface area contributed by atoms with Crippen molar-refractivity contribution in [2.75, 3.05) is 5.32 Å². The highest BCUT2D eigenvalue weighted by Crippen LogP contribution is 2.23. The third kappa shape index (κ3) is 4.89. The van der Waals surface area contributed by atoms with Gasteiger partial charge in [-0.1, -0.05) is 31.4 Å². The molecular formula is C20H23N3O2. The van der Waals surface area contributed by atoms with Crippen molar-refractivity contribution in [2.45, 2.75) is 38.6 Å². The zero-order valence-corrected chi connectivity index (χ0v) is 14.2. The van der Waals surface area contributed by atoms with Gasteiger partial charge in [0.05, 0.1) is 11.9 Å². The molecule has 5 heteroatoms. The van der Waals surface area contributed by atoms with Gasteiger partial charge in [-0.2, -0.15) is 0 Å². The molecule has 0 spiro atoms. The van der Waals surface area contributed by atoms with Gasteiger partial charge in [-0.15, -0.1) is 0 Å². The molecule has 1 heterocycles. The number of amides is 2. The number of rotatable bonds is 5. The molecule has 0 saturated heterocycles. The lowest BCUT2D eigenvalue weighted by molar-refractivity contribution is -0.126. The van der Waals surface area contributed by atoms with E-state index in [1.165, 1.54) is 6.42 Å². The van der Waals surface area contributed by atoms with Crippen LogP contribution >= 0.6 is 0 Å². The first-order valence-corrected chi connectivity index (χ1v) is 8.80. The largest absolute Gasteiger partial charge is 0.352 e.